The molecular weight excluding hydrogens is 279 g/mol. The average Bonchev–Trinajstić information content (AvgIpc) is 2.92. The first-order valence-corrected chi connectivity index (χ1v) is 7.29. The van der Waals surface area contributed by atoms with Crippen LogP contribution in [-0.2, 0) is 0 Å². The van der Waals surface area contributed by atoms with Gasteiger partial charge in [-0.1, -0.05) is 13.8 Å². The van der Waals surface area contributed by atoms with Gasteiger partial charge in [-0.25, -0.2) is 9.37 Å². The van der Waals surface area contributed by atoms with E-state index in [1.165, 1.54) is 12.1 Å². The molecule has 0 fully saturated rings. The number of benzene rings is 1. The molecule has 0 radical (unpaired) electrons. The van der Waals surface area contributed by atoms with Crippen LogP contribution in [0.15, 0.2) is 47.1 Å². The minimum absolute atomic E-state index is 0.266. The summed E-state index contributed by atoms with van der Waals surface area (Å²) >= 11 is 0. The van der Waals surface area contributed by atoms with Crippen molar-refractivity contribution in [2.24, 2.45) is 0 Å². The summed E-state index contributed by atoms with van der Waals surface area (Å²) in [6, 6.07) is 8.13. The number of oxazole rings is 1. The standard InChI is InChI=1S/C16H13FN2O.C2H6/c1-10-7-8-18-9-14(10)16-19-15(11(2)20-16)12-3-5-13(17)6-4-12;1-2/h3-9H,1-2H3;1-2H3. The molecule has 0 spiro atoms. The second-order valence-corrected chi connectivity index (χ2v) is 4.62. The van der Waals surface area contributed by atoms with E-state index in [4.69, 9.17) is 4.42 Å². The van der Waals surface area contributed by atoms with Gasteiger partial charge in [-0.3, -0.25) is 4.98 Å². The third-order valence-corrected chi connectivity index (χ3v) is 3.18. The van der Waals surface area contributed by atoms with Crippen LogP contribution in [0.3, 0.4) is 0 Å². The first kappa shape index (κ1) is 15.9. The third-order valence-electron chi connectivity index (χ3n) is 3.18. The van der Waals surface area contributed by atoms with Crippen LogP contribution >= 0.6 is 0 Å². The highest BCUT2D eigenvalue weighted by Crippen LogP contribution is 2.29. The molecule has 3 nitrogen and oxygen atoms in total. The molecule has 0 N–H and O–H groups in total. The normalized spacial score (nSPS) is 10.0. The summed E-state index contributed by atoms with van der Waals surface area (Å²) in [5.41, 5.74) is 3.47. The number of rotatable bonds is 2. The molecule has 114 valence electrons. The van der Waals surface area contributed by atoms with Gasteiger partial charge < -0.3 is 4.42 Å². The molecule has 0 saturated heterocycles. The minimum atomic E-state index is -0.266. The van der Waals surface area contributed by atoms with Crippen LogP contribution in [0, 0.1) is 19.7 Å². The maximum Gasteiger partial charge on any atom is 0.228 e. The first-order valence-electron chi connectivity index (χ1n) is 7.29. The fourth-order valence-electron chi connectivity index (χ4n) is 2.08. The molecule has 0 saturated carbocycles. The Bertz CT molecular complexity index is 748. The maximum absolute atomic E-state index is 13.0. The Balaban J connectivity index is 0.000000847. The van der Waals surface area contributed by atoms with E-state index in [9.17, 15) is 4.39 Å². The Kier molecular flexibility index (Phi) is 5.04. The summed E-state index contributed by atoms with van der Waals surface area (Å²) in [7, 11) is 0. The lowest BCUT2D eigenvalue weighted by Crippen LogP contribution is -1.85. The number of pyridine rings is 1. The molecule has 3 aromatic rings. The molecule has 4 heteroatoms. The van der Waals surface area contributed by atoms with Crippen molar-refractivity contribution in [2.75, 3.05) is 0 Å². The highest BCUT2D eigenvalue weighted by atomic mass is 19.1. The molecular formula is C18H19FN2O. The quantitative estimate of drug-likeness (QED) is 0.654. The van der Waals surface area contributed by atoms with Crippen molar-refractivity contribution in [3.05, 3.63) is 59.9 Å². The van der Waals surface area contributed by atoms with E-state index in [0.29, 0.717) is 11.7 Å². The van der Waals surface area contributed by atoms with Crippen molar-refractivity contribution in [1.29, 1.82) is 0 Å². The summed E-state index contributed by atoms with van der Waals surface area (Å²) in [5, 5.41) is 0. The van der Waals surface area contributed by atoms with Crippen LogP contribution in [0.2, 0.25) is 0 Å². The van der Waals surface area contributed by atoms with Gasteiger partial charge in [-0.05, 0) is 49.7 Å². The van der Waals surface area contributed by atoms with Gasteiger partial charge in [-0.2, -0.15) is 0 Å². The molecule has 0 aliphatic carbocycles. The lowest BCUT2D eigenvalue weighted by Gasteiger charge is -1.98. The number of aromatic nitrogens is 2. The van der Waals surface area contributed by atoms with Crippen molar-refractivity contribution in [1.82, 2.24) is 9.97 Å². The van der Waals surface area contributed by atoms with Crippen molar-refractivity contribution in [3.8, 4) is 22.7 Å². The summed E-state index contributed by atoms with van der Waals surface area (Å²) in [6.07, 6.45) is 3.46. The molecule has 0 bridgehead atoms. The average molecular weight is 298 g/mol. The Morgan fingerprint density at radius 3 is 2.32 bits per heavy atom. The molecule has 0 aliphatic heterocycles. The van der Waals surface area contributed by atoms with E-state index in [0.717, 1.165) is 22.4 Å². The smallest absolute Gasteiger partial charge is 0.228 e. The molecule has 22 heavy (non-hydrogen) atoms. The molecule has 3 rings (SSSR count). The SMILES string of the molecule is CC.Cc1ccncc1-c1nc(-c2ccc(F)cc2)c(C)o1. The van der Waals surface area contributed by atoms with Crippen molar-refractivity contribution < 1.29 is 8.81 Å². The van der Waals surface area contributed by atoms with Gasteiger partial charge in [-0.15, -0.1) is 0 Å². The largest absolute Gasteiger partial charge is 0.441 e. The van der Waals surface area contributed by atoms with Crippen LogP contribution in [0.25, 0.3) is 22.7 Å². The molecule has 0 aliphatic rings. The van der Waals surface area contributed by atoms with Gasteiger partial charge >= 0.3 is 0 Å². The van der Waals surface area contributed by atoms with Gasteiger partial charge in [0.1, 0.15) is 17.3 Å². The van der Waals surface area contributed by atoms with E-state index < -0.39 is 0 Å². The Hall–Kier alpha value is -2.49. The lowest BCUT2D eigenvalue weighted by molar-refractivity contribution is 0.542. The van der Waals surface area contributed by atoms with Crippen molar-refractivity contribution in [3.63, 3.8) is 0 Å². The van der Waals surface area contributed by atoms with Crippen LogP contribution < -0.4 is 0 Å². The summed E-state index contributed by atoms with van der Waals surface area (Å²) in [4.78, 5) is 8.61. The molecule has 1 aromatic carbocycles. The highest BCUT2D eigenvalue weighted by molar-refractivity contribution is 5.66. The Morgan fingerprint density at radius 1 is 1.00 bits per heavy atom. The monoisotopic (exact) mass is 298 g/mol. The number of aryl methyl sites for hydroxylation is 2. The zero-order valence-electron chi connectivity index (χ0n) is 13.2. The second kappa shape index (κ2) is 6.98. The second-order valence-electron chi connectivity index (χ2n) is 4.62. The van der Waals surface area contributed by atoms with Crippen molar-refractivity contribution in [2.45, 2.75) is 27.7 Å². The third kappa shape index (κ3) is 3.22. The van der Waals surface area contributed by atoms with E-state index in [1.807, 2.05) is 33.8 Å². The fraction of sp³-hybridized carbons (Fsp3) is 0.222. The number of nitrogens with zero attached hydrogens (tertiary/aromatic N) is 2. The lowest BCUT2D eigenvalue weighted by atomic mass is 10.1. The van der Waals surface area contributed by atoms with Crippen LogP contribution in [0.1, 0.15) is 25.2 Å². The fourth-order valence-corrected chi connectivity index (χ4v) is 2.08. The molecule has 0 unspecified atom stereocenters. The van der Waals surface area contributed by atoms with Gasteiger partial charge in [0.2, 0.25) is 5.89 Å². The van der Waals surface area contributed by atoms with Crippen LogP contribution in [0.4, 0.5) is 4.39 Å². The predicted molar refractivity (Wildman–Crippen MR) is 86.0 cm³/mol. The number of halogens is 1. The molecule has 2 heterocycles. The van der Waals surface area contributed by atoms with Crippen LogP contribution in [-0.4, -0.2) is 9.97 Å². The van der Waals surface area contributed by atoms with Gasteiger partial charge in [0.15, 0.2) is 0 Å². The predicted octanol–water partition coefficient (Wildman–Crippen LogP) is 5.19. The van der Waals surface area contributed by atoms with Gasteiger partial charge in [0.25, 0.3) is 0 Å². The maximum atomic E-state index is 13.0. The summed E-state index contributed by atoms with van der Waals surface area (Å²) in [6.45, 7) is 7.83. The number of hydrogen-bond donors (Lipinski definition) is 0. The van der Waals surface area contributed by atoms with Crippen molar-refractivity contribution >= 4 is 0 Å². The molecule has 0 atom stereocenters. The highest BCUT2D eigenvalue weighted by Gasteiger charge is 2.14. The van der Waals surface area contributed by atoms with Gasteiger partial charge in [0, 0.05) is 18.0 Å². The number of hydrogen-bond acceptors (Lipinski definition) is 3. The molecule has 0 amide bonds. The first-order chi connectivity index (χ1) is 10.6. The van der Waals surface area contributed by atoms with E-state index in [2.05, 4.69) is 9.97 Å². The molecule has 2 aromatic heterocycles. The summed E-state index contributed by atoms with van der Waals surface area (Å²) in [5.74, 6) is 0.973. The summed E-state index contributed by atoms with van der Waals surface area (Å²) < 4.78 is 18.7. The Labute approximate surface area is 129 Å². The van der Waals surface area contributed by atoms with E-state index in [1.54, 1.807) is 24.5 Å². The Morgan fingerprint density at radius 2 is 1.68 bits per heavy atom. The van der Waals surface area contributed by atoms with E-state index in [-0.39, 0.29) is 5.82 Å². The minimum Gasteiger partial charge on any atom is -0.441 e. The zero-order valence-corrected chi connectivity index (χ0v) is 13.2. The van der Waals surface area contributed by atoms with Crippen LogP contribution in [0.5, 0.6) is 0 Å². The topological polar surface area (TPSA) is 38.9 Å². The van der Waals surface area contributed by atoms with E-state index >= 15 is 0 Å². The van der Waals surface area contributed by atoms with Gasteiger partial charge in [0.05, 0.1) is 5.56 Å². The zero-order chi connectivity index (χ0) is 16.1.